The predicted octanol–water partition coefficient (Wildman–Crippen LogP) is 5.54. The quantitative estimate of drug-likeness (QED) is 0.439. The number of methoxy groups -OCH3 is 1. The van der Waals surface area contributed by atoms with Crippen molar-refractivity contribution in [2.75, 3.05) is 18.6 Å². The van der Waals surface area contributed by atoms with Crippen LogP contribution in [0.3, 0.4) is 0 Å². The third-order valence-electron chi connectivity index (χ3n) is 6.02. The number of aromatic nitrogens is 2. The Morgan fingerprint density at radius 3 is 2.73 bits per heavy atom. The first-order valence-corrected chi connectivity index (χ1v) is 11.1. The van der Waals surface area contributed by atoms with Crippen LogP contribution in [0.4, 0.5) is 5.69 Å². The van der Waals surface area contributed by atoms with Crippen LogP contribution in [0.5, 0.6) is 5.75 Å². The fourth-order valence-corrected chi connectivity index (χ4v) is 4.42. The van der Waals surface area contributed by atoms with Crippen molar-refractivity contribution in [2.45, 2.75) is 57.9 Å². The third-order valence-corrected chi connectivity index (χ3v) is 6.02. The summed E-state index contributed by atoms with van der Waals surface area (Å²) < 4.78 is 7.69. The zero-order valence-corrected chi connectivity index (χ0v) is 18.0. The minimum absolute atomic E-state index is 0.103. The van der Waals surface area contributed by atoms with Gasteiger partial charge in [-0.3, -0.25) is 4.79 Å². The van der Waals surface area contributed by atoms with E-state index in [2.05, 4.69) is 29.7 Å². The summed E-state index contributed by atoms with van der Waals surface area (Å²) in [6.07, 6.45) is 6.71. The monoisotopic (exact) mass is 405 g/mol. The first kappa shape index (κ1) is 20.5. The summed E-state index contributed by atoms with van der Waals surface area (Å²) in [4.78, 5) is 19.7. The molecule has 158 valence electrons. The molecule has 0 unspecified atom stereocenters. The van der Waals surface area contributed by atoms with Gasteiger partial charge in [-0.15, -0.1) is 0 Å². The Labute approximate surface area is 178 Å². The molecule has 1 aliphatic rings. The molecule has 1 amide bonds. The summed E-state index contributed by atoms with van der Waals surface area (Å²) >= 11 is 0. The number of ether oxygens (including phenoxy) is 1. The van der Waals surface area contributed by atoms with Gasteiger partial charge in [0.15, 0.2) is 0 Å². The van der Waals surface area contributed by atoms with Gasteiger partial charge in [-0.1, -0.05) is 50.8 Å². The van der Waals surface area contributed by atoms with Crippen LogP contribution >= 0.6 is 0 Å². The summed E-state index contributed by atoms with van der Waals surface area (Å²) in [6, 6.07) is 16.1. The lowest BCUT2D eigenvalue weighted by molar-refractivity contribution is -0.117. The highest BCUT2D eigenvalue weighted by molar-refractivity contribution is 5.96. The number of unbranched alkanes of at least 4 members (excludes halogenated alkanes) is 4. The molecule has 0 radical (unpaired) electrons. The average molecular weight is 406 g/mol. The number of nitrogens with zero attached hydrogens (tertiary/aromatic N) is 3. The SMILES string of the molecule is CCCCCCCn1c([C@H]2CC(=O)N(c3cccc(OC)c3)C2)nc2ccccc21. The Kier molecular flexibility index (Phi) is 6.36. The maximum Gasteiger partial charge on any atom is 0.227 e. The van der Waals surface area contributed by atoms with E-state index in [0.29, 0.717) is 13.0 Å². The molecular formula is C25H31N3O2. The second-order valence-corrected chi connectivity index (χ2v) is 8.13. The number of benzene rings is 2. The number of anilines is 1. The molecule has 0 bridgehead atoms. The fraction of sp³-hybridized carbons (Fsp3) is 0.440. The smallest absolute Gasteiger partial charge is 0.227 e. The molecule has 0 spiro atoms. The topological polar surface area (TPSA) is 47.4 Å². The molecule has 0 saturated carbocycles. The Morgan fingerprint density at radius 2 is 1.90 bits per heavy atom. The number of hydrogen-bond donors (Lipinski definition) is 0. The van der Waals surface area contributed by atoms with E-state index >= 15 is 0 Å². The van der Waals surface area contributed by atoms with Gasteiger partial charge in [0.1, 0.15) is 11.6 Å². The number of carbonyl (C=O) groups excluding carboxylic acids is 1. The largest absolute Gasteiger partial charge is 0.497 e. The molecule has 5 heteroatoms. The van der Waals surface area contributed by atoms with Gasteiger partial charge in [-0.05, 0) is 30.7 Å². The van der Waals surface area contributed by atoms with Crippen LogP contribution in [-0.4, -0.2) is 29.1 Å². The molecule has 0 aliphatic carbocycles. The van der Waals surface area contributed by atoms with Crippen molar-refractivity contribution in [1.82, 2.24) is 9.55 Å². The Balaban J connectivity index is 1.58. The number of amides is 1. The van der Waals surface area contributed by atoms with Gasteiger partial charge in [0, 0.05) is 37.2 Å². The van der Waals surface area contributed by atoms with E-state index in [-0.39, 0.29) is 11.8 Å². The molecule has 3 aromatic rings. The second-order valence-electron chi connectivity index (χ2n) is 8.13. The number of rotatable bonds is 9. The zero-order valence-electron chi connectivity index (χ0n) is 18.0. The first-order valence-electron chi connectivity index (χ1n) is 11.1. The summed E-state index contributed by atoms with van der Waals surface area (Å²) in [7, 11) is 1.65. The molecule has 0 N–H and O–H groups in total. The summed E-state index contributed by atoms with van der Waals surface area (Å²) in [5, 5.41) is 0. The number of hydrogen-bond acceptors (Lipinski definition) is 3. The van der Waals surface area contributed by atoms with Crippen molar-refractivity contribution >= 4 is 22.6 Å². The van der Waals surface area contributed by atoms with Gasteiger partial charge in [0.2, 0.25) is 5.91 Å². The van der Waals surface area contributed by atoms with E-state index < -0.39 is 0 Å². The number of imidazole rings is 1. The van der Waals surface area contributed by atoms with E-state index in [1.54, 1.807) is 7.11 Å². The minimum atomic E-state index is 0.103. The number of carbonyl (C=O) groups is 1. The summed E-state index contributed by atoms with van der Waals surface area (Å²) in [6.45, 7) is 3.86. The Morgan fingerprint density at radius 1 is 1.07 bits per heavy atom. The van der Waals surface area contributed by atoms with Crippen molar-refractivity contribution in [3.8, 4) is 5.75 Å². The number of para-hydroxylation sites is 2. The van der Waals surface area contributed by atoms with E-state index in [4.69, 9.17) is 9.72 Å². The van der Waals surface area contributed by atoms with E-state index in [9.17, 15) is 4.79 Å². The second kappa shape index (κ2) is 9.33. The molecule has 1 aromatic heterocycles. The van der Waals surface area contributed by atoms with E-state index in [0.717, 1.165) is 35.7 Å². The Hall–Kier alpha value is -2.82. The van der Waals surface area contributed by atoms with Gasteiger partial charge >= 0.3 is 0 Å². The highest BCUT2D eigenvalue weighted by Gasteiger charge is 2.34. The fourth-order valence-electron chi connectivity index (χ4n) is 4.42. The molecule has 1 fully saturated rings. The molecule has 2 heterocycles. The molecule has 1 atom stereocenters. The van der Waals surface area contributed by atoms with E-state index in [1.165, 1.54) is 31.2 Å². The van der Waals surface area contributed by atoms with E-state index in [1.807, 2.05) is 35.2 Å². The van der Waals surface area contributed by atoms with Crippen molar-refractivity contribution in [1.29, 1.82) is 0 Å². The molecule has 30 heavy (non-hydrogen) atoms. The van der Waals surface area contributed by atoms with Crippen LogP contribution in [-0.2, 0) is 11.3 Å². The number of aryl methyl sites for hydroxylation is 1. The molecule has 1 saturated heterocycles. The first-order chi connectivity index (χ1) is 14.7. The maximum atomic E-state index is 12.9. The van der Waals surface area contributed by atoms with Gasteiger partial charge in [-0.2, -0.15) is 0 Å². The molecule has 1 aliphatic heterocycles. The average Bonchev–Trinajstić information content (AvgIpc) is 3.34. The highest BCUT2D eigenvalue weighted by Crippen LogP contribution is 2.34. The van der Waals surface area contributed by atoms with Crippen LogP contribution in [0.25, 0.3) is 11.0 Å². The standard InChI is InChI=1S/C25H31N3O2/c1-3-4-5-6-9-15-27-23-14-8-7-13-22(23)26-25(27)19-16-24(29)28(18-19)20-11-10-12-21(17-20)30-2/h7-8,10-14,17,19H,3-6,9,15-16,18H2,1-2H3/t19-/m0/s1. The van der Waals surface area contributed by atoms with Crippen molar-refractivity contribution < 1.29 is 9.53 Å². The maximum absolute atomic E-state index is 12.9. The third kappa shape index (κ3) is 4.20. The van der Waals surface area contributed by atoms with Gasteiger partial charge < -0.3 is 14.2 Å². The molecule has 5 nitrogen and oxygen atoms in total. The van der Waals surface area contributed by atoms with Crippen LogP contribution in [0, 0.1) is 0 Å². The summed E-state index contributed by atoms with van der Waals surface area (Å²) in [5.74, 6) is 2.06. The lowest BCUT2D eigenvalue weighted by Gasteiger charge is -2.18. The minimum Gasteiger partial charge on any atom is -0.497 e. The lowest BCUT2D eigenvalue weighted by Crippen LogP contribution is -2.24. The Bertz CT molecular complexity index is 1010. The van der Waals surface area contributed by atoms with Crippen molar-refractivity contribution in [2.24, 2.45) is 0 Å². The highest BCUT2D eigenvalue weighted by atomic mass is 16.5. The molecule has 2 aromatic carbocycles. The molecular weight excluding hydrogens is 374 g/mol. The van der Waals surface area contributed by atoms with Crippen LogP contribution < -0.4 is 9.64 Å². The normalized spacial score (nSPS) is 16.5. The number of fused-ring (bicyclic) bond motifs is 1. The van der Waals surface area contributed by atoms with Gasteiger partial charge in [0.25, 0.3) is 0 Å². The van der Waals surface area contributed by atoms with Crippen molar-refractivity contribution in [3.05, 3.63) is 54.4 Å². The van der Waals surface area contributed by atoms with Crippen LogP contribution in [0.1, 0.15) is 57.2 Å². The van der Waals surface area contributed by atoms with Crippen LogP contribution in [0.15, 0.2) is 48.5 Å². The molecule has 4 rings (SSSR count). The van der Waals surface area contributed by atoms with Gasteiger partial charge in [-0.25, -0.2) is 4.98 Å². The van der Waals surface area contributed by atoms with Crippen molar-refractivity contribution in [3.63, 3.8) is 0 Å². The van der Waals surface area contributed by atoms with Gasteiger partial charge in [0.05, 0.1) is 18.1 Å². The zero-order chi connectivity index (χ0) is 20.9. The van der Waals surface area contributed by atoms with Crippen LogP contribution in [0.2, 0.25) is 0 Å². The summed E-state index contributed by atoms with van der Waals surface area (Å²) in [5.41, 5.74) is 3.09. The lowest BCUT2D eigenvalue weighted by atomic mass is 10.1. The predicted molar refractivity (Wildman–Crippen MR) is 121 cm³/mol.